The average Bonchev–Trinajstić information content (AvgIpc) is 2.51. The van der Waals surface area contributed by atoms with Crippen molar-refractivity contribution in [3.63, 3.8) is 0 Å². The number of ether oxygens (including phenoxy) is 1. The molecule has 0 aliphatic heterocycles. The number of carbonyl (C=O) groups is 1. The molecule has 2 aromatic carbocycles. The maximum Gasteiger partial charge on any atom is 0.573 e. The van der Waals surface area contributed by atoms with Crippen LogP contribution < -0.4 is 10.1 Å². The van der Waals surface area contributed by atoms with Crippen molar-refractivity contribution in [2.24, 2.45) is 0 Å². The van der Waals surface area contributed by atoms with Gasteiger partial charge in [0.2, 0.25) is 5.91 Å². The van der Waals surface area contributed by atoms with E-state index < -0.39 is 18.1 Å². The number of rotatable bonds is 6. The van der Waals surface area contributed by atoms with Gasteiger partial charge in [-0.3, -0.25) is 9.69 Å². The fraction of sp³-hybridized carbons (Fsp3) is 0.235. The maximum absolute atomic E-state index is 13.6. The zero-order chi connectivity index (χ0) is 19.3. The Morgan fingerprint density at radius 1 is 1.23 bits per heavy atom. The molecule has 9 heteroatoms. The van der Waals surface area contributed by atoms with E-state index in [0.717, 1.165) is 6.07 Å². The summed E-state index contributed by atoms with van der Waals surface area (Å²) in [5.41, 5.74) is 0.186. The Labute approximate surface area is 152 Å². The Balaban J connectivity index is 1.99. The van der Waals surface area contributed by atoms with Crippen molar-refractivity contribution >= 4 is 23.2 Å². The average molecular weight is 391 g/mol. The van der Waals surface area contributed by atoms with Gasteiger partial charge in [-0.05, 0) is 31.3 Å². The van der Waals surface area contributed by atoms with E-state index in [0.29, 0.717) is 0 Å². The Kier molecular flexibility index (Phi) is 6.44. The van der Waals surface area contributed by atoms with Gasteiger partial charge < -0.3 is 10.1 Å². The lowest BCUT2D eigenvalue weighted by atomic mass is 10.2. The van der Waals surface area contributed by atoms with Crippen LogP contribution in [-0.2, 0) is 11.3 Å². The van der Waals surface area contributed by atoms with Gasteiger partial charge in [-0.1, -0.05) is 29.8 Å². The molecule has 140 valence electrons. The van der Waals surface area contributed by atoms with Crippen molar-refractivity contribution in [1.82, 2.24) is 4.90 Å². The first-order chi connectivity index (χ1) is 12.1. The van der Waals surface area contributed by atoms with Gasteiger partial charge in [-0.15, -0.1) is 13.2 Å². The number of likely N-dealkylation sites (N-methyl/N-ethyl adjacent to an activating group) is 1. The summed E-state index contributed by atoms with van der Waals surface area (Å²) in [6.07, 6.45) is -4.81. The van der Waals surface area contributed by atoms with E-state index in [2.05, 4.69) is 10.1 Å². The lowest BCUT2D eigenvalue weighted by molar-refractivity contribution is -0.275. The van der Waals surface area contributed by atoms with Crippen LogP contribution in [0.4, 0.5) is 23.2 Å². The molecular weight excluding hydrogens is 376 g/mol. The highest BCUT2D eigenvalue weighted by atomic mass is 35.5. The largest absolute Gasteiger partial charge is 0.573 e. The summed E-state index contributed by atoms with van der Waals surface area (Å²) in [5.74, 6) is -1.52. The van der Waals surface area contributed by atoms with Gasteiger partial charge in [0, 0.05) is 17.1 Å². The number of para-hydroxylation sites is 1. The highest BCUT2D eigenvalue weighted by molar-refractivity contribution is 6.30. The van der Waals surface area contributed by atoms with Crippen molar-refractivity contribution in [3.05, 3.63) is 58.9 Å². The summed E-state index contributed by atoms with van der Waals surface area (Å²) >= 11 is 5.75. The first-order valence-electron chi connectivity index (χ1n) is 7.41. The fourth-order valence-corrected chi connectivity index (χ4v) is 2.41. The smallest absolute Gasteiger partial charge is 0.405 e. The molecule has 1 amide bonds. The van der Waals surface area contributed by atoms with E-state index in [9.17, 15) is 22.4 Å². The number of anilines is 1. The molecule has 0 spiro atoms. The number of amides is 1. The number of nitrogens with zero attached hydrogens (tertiary/aromatic N) is 1. The van der Waals surface area contributed by atoms with Gasteiger partial charge in [0.1, 0.15) is 11.6 Å². The molecule has 0 unspecified atom stereocenters. The molecule has 2 rings (SSSR count). The van der Waals surface area contributed by atoms with Crippen molar-refractivity contribution < 1.29 is 27.1 Å². The molecule has 0 atom stereocenters. The van der Waals surface area contributed by atoms with E-state index in [1.54, 1.807) is 6.07 Å². The molecule has 0 radical (unpaired) electrons. The third-order valence-electron chi connectivity index (χ3n) is 3.25. The maximum atomic E-state index is 13.6. The second kappa shape index (κ2) is 8.37. The van der Waals surface area contributed by atoms with Crippen LogP contribution in [0.5, 0.6) is 5.75 Å². The highest BCUT2D eigenvalue weighted by Gasteiger charge is 2.32. The van der Waals surface area contributed by atoms with Gasteiger partial charge in [0.25, 0.3) is 0 Å². The molecule has 4 nitrogen and oxygen atoms in total. The molecule has 2 aromatic rings. The van der Waals surface area contributed by atoms with Crippen LogP contribution in [0.1, 0.15) is 5.56 Å². The third-order valence-corrected chi connectivity index (χ3v) is 3.49. The second-order valence-corrected chi connectivity index (χ2v) is 5.94. The SMILES string of the molecule is CN(CC(=O)Nc1cc(Cl)ccc1F)Cc1ccccc1OC(F)(F)F. The predicted molar refractivity (Wildman–Crippen MR) is 89.5 cm³/mol. The van der Waals surface area contributed by atoms with Gasteiger partial charge in [0.05, 0.1) is 12.2 Å². The minimum atomic E-state index is -4.81. The quantitative estimate of drug-likeness (QED) is 0.741. The summed E-state index contributed by atoms with van der Waals surface area (Å²) in [6.45, 7) is -0.149. The van der Waals surface area contributed by atoms with Crippen molar-refractivity contribution in [2.45, 2.75) is 12.9 Å². The van der Waals surface area contributed by atoms with Crippen LogP contribution >= 0.6 is 11.6 Å². The standard InChI is InChI=1S/C17H15ClF4N2O2/c1-24(9-11-4-2-3-5-15(11)26-17(20,21)22)10-16(25)23-14-8-12(18)6-7-13(14)19/h2-8H,9-10H2,1H3,(H,23,25). The van der Waals surface area contributed by atoms with Crippen molar-refractivity contribution in [3.8, 4) is 5.75 Å². The number of alkyl halides is 3. The van der Waals surface area contributed by atoms with Gasteiger partial charge in [0.15, 0.2) is 0 Å². The number of benzene rings is 2. The summed E-state index contributed by atoms with van der Waals surface area (Å²) < 4.78 is 54.9. The van der Waals surface area contributed by atoms with Crippen LogP contribution in [0.25, 0.3) is 0 Å². The monoisotopic (exact) mass is 390 g/mol. The fourth-order valence-electron chi connectivity index (χ4n) is 2.23. The molecule has 0 saturated carbocycles. The minimum absolute atomic E-state index is 0.0255. The lowest BCUT2D eigenvalue weighted by Gasteiger charge is -2.19. The normalized spacial score (nSPS) is 11.5. The highest BCUT2D eigenvalue weighted by Crippen LogP contribution is 2.27. The lowest BCUT2D eigenvalue weighted by Crippen LogP contribution is -2.30. The van der Waals surface area contributed by atoms with E-state index in [1.165, 1.54) is 42.3 Å². The molecule has 0 saturated heterocycles. The van der Waals surface area contributed by atoms with Crippen LogP contribution in [0.15, 0.2) is 42.5 Å². The molecule has 0 aliphatic carbocycles. The number of hydrogen-bond donors (Lipinski definition) is 1. The molecule has 0 aromatic heterocycles. The van der Waals surface area contributed by atoms with Gasteiger partial charge in [-0.25, -0.2) is 4.39 Å². The van der Waals surface area contributed by atoms with Crippen LogP contribution in [0.2, 0.25) is 5.02 Å². The first-order valence-corrected chi connectivity index (χ1v) is 7.79. The molecule has 1 N–H and O–H groups in total. The van der Waals surface area contributed by atoms with Crippen LogP contribution in [0.3, 0.4) is 0 Å². The molecule has 0 heterocycles. The Hall–Kier alpha value is -2.32. The molecule has 0 aliphatic rings. The molecule has 0 bridgehead atoms. The second-order valence-electron chi connectivity index (χ2n) is 5.50. The van der Waals surface area contributed by atoms with E-state index in [1.807, 2.05) is 0 Å². The molecular formula is C17H15ClF4N2O2. The molecule has 0 fully saturated rings. The summed E-state index contributed by atoms with van der Waals surface area (Å²) in [6, 6.07) is 9.36. The number of halogens is 5. The van der Waals surface area contributed by atoms with Crippen LogP contribution in [0, 0.1) is 5.82 Å². The number of carbonyl (C=O) groups excluding carboxylic acids is 1. The van der Waals surface area contributed by atoms with E-state index >= 15 is 0 Å². The number of nitrogens with one attached hydrogen (secondary N) is 1. The third kappa shape index (κ3) is 6.20. The van der Waals surface area contributed by atoms with Crippen molar-refractivity contribution in [2.75, 3.05) is 18.9 Å². The zero-order valence-corrected chi connectivity index (χ0v) is 14.4. The summed E-state index contributed by atoms with van der Waals surface area (Å²) in [7, 11) is 1.54. The van der Waals surface area contributed by atoms with E-state index in [-0.39, 0.29) is 35.1 Å². The Bertz CT molecular complexity index is 784. The van der Waals surface area contributed by atoms with Crippen molar-refractivity contribution in [1.29, 1.82) is 0 Å². The molecule has 26 heavy (non-hydrogen) atoms. The number of hydrogen-bond acceptors (Lipinski definition) is 3. The van der Waals surface area contributed by atoms with Crippen LogP contribution in [-0.4, -0.2) is 30.8 Å². The predicted octanol–water partition coefficient (Wildman–Crippen LogP) is 4.45. The Morgan fingerprint density at radius 2 is 1.92 bits per heavy atom. The Morgan fingerprint density at radius 3 is 2.62 bits per heavy atom. The van der Waals surface area contributed by atoms with Gasteiger partial charge in [-0.2, -0.15) is 0 Å². The first kappa shape index (κ1) is 20.0. The van der Waals surface area contributed by atoms with E-state index in [4.69, 9.17) is 11.6 Å². The van der Waals surface area contributed by atoms with Gasteiger partial charge >= 0.3 is 6.36 Å². The summed E-state index contributed by atoms with van der Waals surface area (Å²) in [4.78, 5) is 13.5. The minimum Gasteiger partial charge on any atom is -0.405 e. The topological polar surface area (TPSA) is 41.6 Å². The zero-order valence-electron chi connectivity index (χ0n) is 13.6. The summed E-state index contributed by atoms with van der Waals surface area (Å²) in [5, 5.41) is 2.63.